The van der Waals surface area contributed by atoms with Gasteiger partial charge >= 0.3 is 0 Å². The summed E-state index contributed by atoms with van der Waals surface area (Å²) in [5.74, 6) is 0. The molecule has 1 fully saturated rings. The smallest absolute Gasteiger partial charge is 0.0572 e. The van der Waals surface area contributed by atoms with Crippen LogP contribution in [0.1, 0.15) is 31.3 Å². The SMILES string of the molecule is CCn1nccc1CN1CCN([C@@H](C)c2ccccn2)CC1. The Morgan fingerprint density at radius 2 is 1.91 bits per heavy atom. The molecule has 1 aliphatic heterocycles. The summed E-state index contributed by atoms with van der Waals surface area (Å²) in [5, 5.41) is 4.35. The summed E-state index contributed by atoms with van der Waals surface area (Å²) in [6.07, 6.45) is 3.78. The number of rotatable bonds is 5. The highest BCUT2D eigenvalue weighted by atomic mass is 15.3. The molecule has 3 rings (SSSR count). The fourth-order valence-electron chi connectivity index (χ4n) is 3.13. The van der Waals surface area contributed by atoms with Gasteiger partial charge in [0.05, 0.1) is 11.4 Å². The summed E-state index contributed by atoms with van der Waals surface area (Å²) >= 11 is 0. The van der Waals surface area contributed by atoms with Gasteiger partial charge < -0.3 is 0 Å². The molecule has 118 valence electrons. The molecule has 22 heavy (non-hydrogen) atoms. The number of hydrogen-bond donors (Lipinski definition) is 0. The number of piperazine rings is 1. The Labute approximate surface area is 132 Å². The lowest BCUT2D eigenvalue weighted by molar-refractivity contribution is 0.0947. The molecule has 0 bridgehead atoms. The van der Waals surface area contributed by atoms with Crippen molar-refractivity contribution in [1.29, 1.82) is 0 Å². The molecule has 2 aromatic heterocycles. The molecule has 0 amide bonds. The zero-order valence-corrected chi connectivity index (χ0v) is 13.5. The zero-order valence-electron chi connectivity index (χ0n) is 13.5. The van der Waals surface area contributed by atoms with Crippen molar-refractivity contribution in [1.82, 2.24) is 24.6 Å². The van der Waals surface area contributed by atoms with Gasteiger partial charge in [-0.05, 0) is 32.0 Å². The molecule has 0 saturated carbocycles. The van der Waals surface area contributed by atoms with Gasteiger partial charge in [-0.2, -0.15) is 5.10 Å². The molecule has 1 saturated heterocycles. The van der Waals surface area contributed by atoms with Crippen molar-refractivity contribution >= 4 is 0 Å². The molecule has 0 unspecified atom stereocenters. The summed E-state index contributed by atoms with van der Waals surface area (Å²) in [4.78, 5) is 9.53. The van der Waals surface area contributed by atoms with E-state index in [1.54, 1.807) is 0 Å². The summed E-state index contributed by atoms with van der Waals surface area (Å²) in [5.41, 5.74) is 2.48. The highest BCUT2D eigenvalue weighted by molar-refractivity contribution is 5.08. The molecule has 3 heterocycles. The summed E-state index contributed by atoms with van der Waals surface area (Å²) in [7, 11) is 0. The minimum atomic E-state index is 0.393. The number of aromatic nitrogens is 3. The van der Waals surface area contributed by atoms with Crippen LogP contribution in [0.4, 0.5) is 0 Å². The maximum atomic E-state index is 4.49. The number of pyridine rings is 1. The first-order chi connectivity index (χ1) is 10.8. The van der Waals surface area contributed by atoms with E-state index in [1.807, 2.05) is 18.5 Å². The van der Waals surface area contributed by atoms with Gasteiger partial charge in [0.25, 0.3) is 0 Å². The highest BCUT2D eigenvalue weighted by Crippen LogP contribution is 2.20. The van der Waals surface area contributed by atoms with E-state index in [9.17, 15) is 0 Å². The minimum absolute atomic E-state index is 0.393. The normalized spacial score (nSPS) is 18.5. The van der Waals surface area contributed by atoms with E-state index in [2.05, 4.69) is 56.6 Å². The average Bonchev–Trinajstić information content (AvgIpc) is 3.03. The molecule has 0 aromatic carbocycles. The van der Waals surface area contributed by atoms with Gasteiger partial charge in [0, 0.05) is 57.7 Å². The third-order valence-corrected chi connectivity index (χ3v) is 4.56. The van der Waals surface area contributed by atoms with Gasteiger partial charge in [-0.1, -0.05) is 6.07 Å². The largest absolute Gasteiger partial charge is 0.295 e. The number of aryl methyl sites for hydroxylation is 1. The Hall–Kier alpha value is -1.72. The van der Waals surface area contributed by atoms with Gasteiger partial charge in [-0.25, -0.2) is 0 Å². The van der Waals surface area contributed by atoms with Crippen molar-refractivity contribution in [3.8, 4) is 0 Å². The third-order valence-electron chi connectivity index (χ3n) is 4.56. The highest BCUT2D eigenvalue weighted by Gasteiger charge is 2.23. The van der Waals surface area contributed by atoms with Crippen molar-refractivity contribution in [2.24, 2.45) is 0 Å². The lowest BCUT2D eigenvalue weighted by atomic mass is 10.1. The molecule has 1 aliphatic rings. The first-order valence-electron chi connectivity index (χ1n) is 8.16. The van der Waals surface area contributed by atoms with Crippen LogP contribution < -0.4 is 0 Å². The topological polar surface area (TPSA) is 37.2 Å². The Morgan fingerprint density at radius 3 is 2.59 bits per heavy atom. The minimum Gasteiger partial charge on any atom is -0.295 e. The third kappa shape index (κ3) is 3.36. The van der Waals surface area contributed by atoms with Crippen LogP contribution in [0.3, 0.4) is 0 Å². The molecular weight excluding hydrogens is 274 g/mol. The second-order valence-electron chi connectivity index (χ2n) is 5.88. The van der Waals surface area contributed by atoms with Crippen LogP contribution in [0.5, 0.6) is 0 Å². The second kappa shape index (κ2) is 7.03. The number of hydrogen-bond acceptors (Lipinski definition) is 4. The molecule has 0 N–H and O–H groups in total. The van der Waals surface area contributed by atoms with Crippen molar-refractivity contribution < 1.29 is 0 Å². The van der Waals surface area contributed by atoms with E-state index in [-0.39, 0.29) is 0 Å². The molecule has 5 nitrogen and oxygen atoms in total. The van der Waals surface area contributed by atoms with E-state index >= 15 is 0 Å². The predicted molar refractivity (Wildman–Crippen MR) is 87.4 cm³/mol. The van der Waals surface area contributed by atoms with Crippen molar-refractivity contribution in [2.45, 2.75) is 33.0 Å². The predicted octanol–water partition coefficient (Wildman–Crippen LogP) is 2.18. The van der Waals surface area contributed by atoms with E-state index in [4.69, 9.17) is 0 Å². The summed E-state index contributed by atoms with van der Waals surface area (Å²) in [6.45, 7) is 10.7. The maximum Gasteiger partial charge on any atom is 0.0572 e. The zero-order chi connectivity index (χ0) is 15.4. The van der Waals surface area contributed by atoms with E-state index in [0.717, 1.165) is 39.3 Å². The van der Waals surface area contributed by atoms with E-state index < -0.39 is 0 Å². The van der Waals surface area contributed by atoms with Crippen LogP contribution >= 0.6 is 0 Å². The van der Waals surface area contributed by atoms with Crippen LogP contribution in [0.2, 0.25) is 0 Å². The van der Waals surface area contributed by atoms with Gasteiger partial charge in [-0.3, -0.25) is 19.5 Å². The fraction of sp³-hybridized carbons (Fsp3) is 0.529. The van der Waals surface area contributed by atoms with Crippen LogP contribution in [-0.2, 0) is 13.1 Å². The van der Waals surface area contributed by atoms with Gasteiger partial charge in [0.15, 0.2) is 0 Å². The van der Waals surface area contributed by atoms with Crippen LogP contribution in [0, 0.1) is 0 Å². The monoisotopic (exact) mass is 299 g/mol. The standard InChI is InChI=1S/C17H25N5/c1-3-22-16(7-9-19-22)14-20-10-12-21(13-11-20)15(2)17-6-4-5-8-18-17/h4-9,15H,3,10-14H2,1-2H3/t15-/m0/s1. The van der Waals surface area contributed by atoms with Crippen molar-refractivity contribution in [3.63, 3.8) is 0 Å². The van der Waals surface area contributed by atoms with Crippen LogP contribution in [0.25, 0.3) is 0 Å². The quantitative estimate of drug-likeness (QED) is 0.848. The fourth-order valence-corrected chi connectivity index (χ4v) is 3.13. The van der Waals surface area contributed by atoms with Crippen LogP contribution in [-0.4, -0.2) is 50.7 Å². The van der Waals surface area contributed by atoms with Gasteiger partial charge in [0.1, 0.15) is 0 Å². The molecule has 1 atom stereocenters. The average molecular weight is 299 g/mol. The molecule has 5 heteroatoms. The molecule has 2 aromatic rings. The Bertz CT molecular complexity index is 572. The summed E-state index contributed by atoms with van der Waals surface area (Å²) in [6, 6.07) is 8.69. The van der Waals surface area contributed by atoms with Crippen molar-refractivity contribution in [3.05, 3.63) is 48.0 Å². The maximum absolute atomic E-state index is 4.49. The molecule has 0 aliphatic carbocycles. The second-order valence-corrected chi connectivity index (χ2v) is 5.88. The Morgan fingerprint density at radius 1 is 1.09 bits per heavy atom. The van der Waals surface area contributed by atoms with E-state index in [0.29, 0.717) is 6.04 Å². The molecule has 0 radical (unpaired) electrons. The molecular formula is C17H25N5. The molecule has 0 spiro atoms. The van der Waals surface area contributed by atoms with E-state index in [1.165, 1.54) is 11.4 Å². The lowest BCUT2D eigenvalue weighted by Crippen LogP contribution is -2.46. The summed E-state index contributed by atoms with van der Waals surface area (Å²) < 4.78 is 2.09. The lowest BCUT2D eigenvalue weighted by Gasteiger charge is -2.37. The van der Waals surface area contributed by atoms with Gasteiger partial charge in [-0.15, -0.1) is 0 Å². The Balaban J connectivity index is 1.54. The first-order valence-corrected chi connectivity index (χ1v) is 8.16. The van der Waals surface area contributed by atoms with Crippen LogP contribution in [0.15, 0.2) is 36.7 Å². The first kappa shape index (κ1) is 15.2. The Kier molecular flexibility index (Phi) is 4.85. The van der Waals surface area contributed by atoms with Gasteiger partial charge in [0.2, 0.25) is 0 Å². The van der Waals surface area contributed by atoms with Crippen molar-refractivity contribution in [2.75, 3.05) is 26.2 Å². The number of nitrogens with zero attached hydrogens (tertiary/aromatic N) is 5.